The molecule has 0 bridgehead atoms. The summed E-state index contributed by atoms with van der Waals surface area (Å²) >= 11 is 0. The highest BCUT2D eigenvalue weighted by Crippen LogP contribution is 2.35. The Hall–Kier alpha value is -3.62. The summed E-state index contributed by atoms with van der Waals surface area (Å²) in [5.41, 5.74) is 3.51. The first-order valence-corrected chi connectivity index (χ1v) is 23.5. The van der Waals surface area contributed by atoms with Gasteiger partial charge in [-0.3, -0.25) is 14.3 Å². The third kappa shape index (κ3) is 13.5. The van der Waals surface area contributed by atoms with Crippen LogP contribution in [0.15, 0.2) is 54.3 Å². The topological polar surface area (TPSA) is 197 Å². The Labute approximate surface area is 391 Å². The van der Waals surface area contributed by atoms with Crippen molar-refractivity contribution in [1.29, 1.82) is 0 Å². The van der Waals surface area contributed by atoms with Crippen molar-refractivity contribution < 1.29 is 58.1 Å². The van der Waals surface area contributed by atoms with Gasteiger partial charge in [-0.15, -0.1) is 5.10 Å². The van der Waals surface area contributed by atoms with Crippen molar-refractivity contribution in [3.8, 4) is 11.3 Å². The van der Waals surface area contributed by atoms with Crippen molar-refractivity contribution in [2.24, 2.45) is 23.7 Å². The molecule has 0 radical (unpaired) electrons. The fraction of sp³-hybridized carbons (Fsp3) is 0.714. The summed E-state index contributed by atoms with van der Waals surface area (Å²) in [6, 6.07) is 7.42. The molecule has 2 saturated heterocycles. The molecule has 17 nitrogen and oxygen atoms in total. The highest BCUT2D eigenvalue weighted by Gasteiger charge is 2.47. The van der Waals surface area contributed by atoms with Crippen LogP contribution >= 0.6 is 0 Å². The molecule has 0 saturated carbocycles. The minimum atomic E-state index is -1.20. The number of anilines is 1. The molecule has 5 rings (SSSR count). The molecule has 3 aliphatic heterocycles. The van der Waals surface area contributed by atoms with Crippen LogP contribution in [0.3, 0.4) is 0 Å². The summed E-state index contributed by atoms with van der Waals surface area (Å²) in [5.74, 6) is -1.90. The SMILES string of the molecule is CC[C@H]1OC(=O)CC[C@H](C)[C@@H](O[C@@H]2O[C@H](C)C(O)C(N(C)C)C2O)[C@@H](CCn2cc(-c3ccc(N(C)C)cc3)nn2)C[C@@H](C)C(=O)/C=C/C(C)=C/[C@@H]1COC1OC(C)C(O)C(OC)C1OC. The van der Waals surface area contributed by atoms with E-state index in [1.807, 2.05) is 83.2 Å². The molecule has 1 aromatic carbocycles. The molecule has 16 atom stereocenters. The van der Waals surface area contributed by atoms with Gasteiger partial charge < -0.3 is 58.3 Å². The number of nitrogens with zero attached hydrogens (tertiary/aromatic N) is 5. The van der Waals surface area contributed by atoms with Crippen LogP contribution < -0.4 is 4.90 Å². The standard InChI is InChI=1S/C49H77N5O12/c1-13-39-35(27-62-49-47(61-12)46(60-11)43(58)32(6)64-49)24-28(2)14-20-38(55)30(4)25-34(22-23-54-26-37(50-51-54)33-16-18-36(19-17-33)52(7)8)45(29(3)15-21-40(56)65-39)66-48-44(59)41(53(9)10)42(57)31(5)63-48/h14,16-20,24,26,29-32,34-35,39,41-49,57-59H,13,15,21-23,25,27H2,1-12H3/b20-14+,28-24+/t29-,30+,31+,32?,34-,35+,39+,41?,42?,43?,44?,45+,46?,47?,48-,49?/m0/s1. The molecule has 0 spiro atoms. The lowest BCUT2D eigenvalue weighted by atomic mass is 9.80. The zero-order valence-corrected chi connectivity index (χ0v) is 41.1. The molecule has 3 aliphatic rings. The Morgan fingerprint density at radius 2 is 1.53 bits per heavy atom. The van der Waals surface area contributed by atoms with E-state index in [9.17, 15) is 24.9 Å². The van der Waals surface area contributed by atoms with E-state index >= 15 is 0 Å². The van der Waals surface area contributed by atoms with E-state index in [0.29, 0.717) is 32.2 Å². The van der Waals surface area contributed by atoms with Gasteiger partial charge in [0.1, 0.15) is 36.2 Å². The number of hydrogen-bond acceptors (Lipinski definition) is 16. The molecule has 370 valence electrons. The smallest absolute Gasteiger partial charge is 0.306 e. The number of allylic oxidation sites excluding steroid dienone is 3. The lowest BCUT2D eigenvalue weighted by Crippen LogP contribution is -2.63. The van der Waals surface area contributed by atoms with Gasteiger partial charge >= 0.3 is 5.97 Å². The number of rotatable bonds is 14. The summed E-state index contributed by atoms with van der Waals surface area (Å²) in [4.78, 5) is 31.7. The maximum atomic E-state index is 14.0. The molecular formula is C49H77N5O12. The van der Waals surface area contributed by atoms with Gasteiger partial charge in [-0.05, 0) is 90.6 Å². The van der Waals surface area contributed by atoms with Gasteiger partial charge in [0, 0.05) is 64.4 Å². The molecular weight excluding hydrogens is 851 g/mol. The van der Waals surface area contributed by atoms with Crippen molar-refractivity contribution in [2.45, 2.75) is 154 Å². The first kappa shape index (κ1) is 53.3. The minimum absolute atomic E-state index is 0.0693. The minimum Gasteiger partial charge on any atom is -0.462 e. The van der Waals surface area contributed by atoms with Crippen LogP contribution in [-0.4, -0.2) is 170 Å². The van der Waals surface area contributed by atoms with Crippen LogP contribution in [-0.2, 0) is 49.3 Å². The summed E-state index contributed by atoms with van der Waals surface area (Å²) in [5, 5.41) is 42.4. The second kappa shape index (κ2) is 24.6. The molecule has 4 heterocycles. The fourth-order valence-electron chi connectivity index (χ4n) is 9.45. The number of aromatic nitrogens is 3. The van der Waals surface area contributed by atoms with Crippen molar-refractivity contribution in [2.75, 3.05) is 53.9 Å². The predicted molar refractivity (Wildman–Crippen MR) is 248 cm³/mol. The fourth-order valence-corrected chi connectivity index (χ4v) is 9.45. The summed E-state index contributed by atoms with van der Waals surface area (Å²) in [7, 11) is 10.6. The number of likely N-dealkylation sites (N-methyl/N-ethyl adjacent to an activating group) is 1. The van der Waals surface area contributed by atoms with Crippen LogP contribution in [0.4, 0.5) is 5.69 Å². The summed E-state index contributed by atoms with van der Waals surface area (Å²) < 4.78 is 44.7. The van der Waals surface area contributed by atoms with Gasteiger partial charge in [0.2, 0.25) is 0 Å². The summed E-state index contributed by atoms with van der Waals surface area (Å²) in [6.45, 7) is 11.8. The molecule has 66 heavy (non-hydrogen) atoms. The van der Waals surface area contributed by atoms with Crippen molar-refractivity contribution in [1.82, 2.24) is 19.9 Å². The molecule has 2 aromatic rings. The first-order valence-electron chi connectivity index (χ1n) is 23.5. The zero-order valence-electron chi connectivity index (χ0n) is 41.1. The lowest BCUT2D eigenvalue weighted by molar-refractivity contribution is -0.304. The van der Waals surface area contributed by atoms with Gasteiger partial charge in [0.05, 0.1) is 43.3 Å². The van der Waals surface area contributed by atoms with Crippen molar-refractivity contribution in [3.05, 3.63) is 54.3 Å². The van der Waals surface area contributed by atoms with Gasteiger partial charge in [-0.25, -0.2) is 0 Å². The largest absolute Gasteiger partial charge is 0.462 e. The predicted octanol–water partition coefficient (Wildman–Crippen LogP) is 4.42. The van der Waals surface area contributed by atoms with Gasteiger partial charge in [0.25, 0.3) is 0 Å². The number of benzene rings is 1. The van der Waals surface area contributed by atoms with Crippen molar-refractivity contribution >= 4 is 17.4 Å². The Morgan fingerprint density at radius 1 is 0.864 bits per heavy atom. The number of carbonyl (C=O) groups is 2. The quantitative estimate of drug-likeness (QED) is 0.225. The van der Waals surface area contributed by atoms with E-state index < -0.39 is 91.4 Å². The van der Waals surface area contributed by atoms with Crippen molar-refractivity contribution in [3.63, 3.8) is 0 Å². The van der Waals surface area contributed by atoms with Crippen LogP contribution in [0.25, 0.3) is 11.3 Å². The first-order chi connectivity index (χ1) is 31.4. The number of esters is 1. The Bertz CT molecular complexity index is 1890. The van der Waals surface area contributed by atoms with E-state index in [4.69, 9.17) is 33.2 Å². The highest BCUT2D eigenvalue weighted by atomic mass is 16.7. The van der Waals surface area contributed by atoms with E-state index in [1.54, 1.807) is 49.7 Å². The van der Waals surface area contributed by atoms with E-state index in [2.05, 4.69) is 10.3 Å². The zero-order chi connectivity index (χ0) is 48.4. The van der Waals surface area contributed by atoms with Gasteiger partial charge in [-0.2, -0.15) is 0 Å². The van der Waals surface area contributed by atoms with Crippen LogP contribution in [0.1, 0.15) is 73.6 Å². The van der Waals surface area contributed by atoms with Crippen LogP contribution in [0.2, 0.25) is 0 Å². The number of aliphatic hydroxyl groups excluding tert-OH is 3. The number of methoxy groups -OCH3 is 2. The Balaban J connectivity index is 1.45. The highest BCUT2D eigenvalue weighted by molar-refractivity contribution is 5.91. The van der Waals surface area contributed by atoms with E-state index in [-0.39, 0.29) is 30.6 Å². The number of ketones is 1. The lowest BCUT2D eigenvalue weighted by Gasteiger charge is -2.46. The van der Waals surface area contributed by atoms with Gasteiger partial charge in [-0.1, -0.05) is 55.8 Å². The number of ether oxygens (including phenoxy) is 7. The molecule has 1 aromatic heterocycles. The second-order valence-electron chi connectivity index (χ2n) is 18.9. The maximum absolute atomic E-state index is 14.0. The molecule has 17 heteroatoms. The number of aryl methyl sites for hydroxylation is 1. The number of aliphatic hydroxyl groups is 3. The molecule has 0 amide bonds. The third-order valence-corrected chi connectivity index (χ3v) is 13.5. The maximum Gasteiger partial charge on any atom is 0.306 e. The molecule has 0 aliphatic carbocycles. The Kier molecular flexibility index (Phi) is 19.9. The normalized spacial score (nSPS) is 36.7. The number of carbonyl (C=O) groups excluding carboxylic acids is 2. The summed E-state index contributed by atoms with van der Waals surface area (Å²) in [6.07, 6.45) is 0.162. The third-order valence-electron chi connectivity index (χ3n) is 13.5. The molecule has 8 unspecified atom stereocenters. The van der Waals surface area contributed by atoms with Crippen LogP contribution in [0, 0.1) is 23.7 Å². The second-order valence-corrected chi connectivity index (χ2v) is 18.9. The average Bonchev–Trinajstić information content (AvgIpc) is 3.77. The number of hydrogen-bond donors (Lipinski definition) is 3. The van der Waals surface area contributed by atoms with E-state index in [0.717, 1.165) is 22.5 Å². The number of cyclic esters (lactones) is 1. The molecule has 3 N–H and O–H groups in total. The monoisotopic (exact) mass is 928 g/mol. The van der Waals surface area contributed by atoms with Gasteiger partial charge in [0.15, 0.2) is 18.4 Å². The molecule has 2 fully saturated rings. The Morgan fingerprint density at radius 3 is 2.17 bits per heavy atom. The van der Waals surface area contributed by atoms with Crippen LogP contribution in [0.5, 0.6) is 0 Å². The van der Waals surface area contributed by atoms with E-state index in [1.165, 1.54) is 14.2 Å². The average molecular weight is 928 g/mol.